The molecule has 8 nitrogen and oxygen atoms in total. The Labute approximate surface area is 136 Å². The smallest absolute Gasteiger partial charge is 0.433 e. The van der Waals surface area contributed by atoms with Gasteiger partial charge in [-0.25, -0.2) is 9.59 Å². The molecule has 0 aliphatic rings. The monoisotopic (exact) mass is 331 g/mol. The first kappa shape index (κ1) is 16.9. The molecule has 2 aromatic rings. The van der Waals surface area contributed by atoms with Crippen LogP contribution in [-0.2, 0) is 20.9 Å². The fourth-order valence-electron chi connectivity index (χ4n) is 1.79. The quantitative estimate of drug-likeness (QED) is 0.346. The molecule has 0 saturated heterocycles. The Morgan fingerprint density at radius 1 is 1.29 bits per heavy atom. The average molecular weight is 331 g/mol. The summed E-state index contributed by atoms with van der Waals surface area (Å²) in [6.45, 7) is -0.0354. The van der Waals surface area contributed by atoms with Crippen molar-refractivity contribution < 1.29 is 28.4 Å². The van der Waals surface area contributed by atoms with Gasteiger partial charge >= 0.3 is 17.8 Å². The molecule has 0 amide bonds. The second-order valence-electron chi connectivity index (χ2n) is 4.57. The number of benzene rings is 1. The van der Waals surface area contributed by atoms with E-state index in [2.05, 4.69) is 4.74 Å². The number of carbonyl (C=O) groups is 2. The standard InChI is InChI=1S/C16H13NO7/c1-22-16(19)12-4-2-3-11(9-12)10-23-15(18)8-6-13-5-7-14(24-13)17(20)21/h2-9H,10H2,1H3/b8-6+. The summed E-state index contributed by atoms with van der Waals surface area (Å²) in [5, 5.41) is 10.5. The van der Waals surface area contributed by atoms with E-state index in [-0.39, 0.29) is 12.4 Å². The predicted octanol–water partition coefficient (Wildman–Crippen LogP) is 2.73. The zero-order valence-electron chi connectivity index (χ0n) is 12.6. The Hall–Kier alpha value is -3.42. The zero-order valence-corrected chi connectivity index (χ0v) is 12.6. The van der Waals surface area contributed by atoms with Crippen LogP contribution in [0.2, 0.25) is 0 Å². The largest absolute Gasteiger partial charge is 0.465 e. The SMILES string of the molecule is COC(=O)c1cccc(COC(=O)/C=C/c2ccc([N+](=O)[O-])o2)c1. The third-order valence-electron chi connectivity index (χ3n) is 2.91. The van der Waals surface area contributed by atoms with Gasteiger partial charge in [-0.2, -0.15) is 0 Å². The number of methoxy groups -OCH3 is 1. The fraction of sp³-hybridized carbons (Fsp3) is 0.125. The summed E-state index contributed by atoms with van der Waals surface area (Å²) >= 11 is 0. The van der Waals surface area contributed by atoms with Crippen LogP contribution < -0.4 is 0 Å². The van der Waals surface area contributed by atoms with Crippen LogP contribution in [0.3, 0.4) is 0 Å². The third kappa shape index (κ3) is 4.54. The number of furan rings is 1. The predicted molar refractivity (Wildman–Crippen MR) is 82.0 cm³/mol. The minimum atomic E-state index is -0.677. The van der Waals surface area contributed by atoms with Gasteiger partial charge in [0.15, 0.2) is 0 Å². The molecule has 0 unspecified atom stereocenters. The number of esters is 2. The second kappa shape index (κ2) is 7.73. The number of hydrogen-bond acceptors (Lipinski definition) is 7. The van der Waals surface area contributed by atoms with E-state index in [0.717, 1.165) is 6.08 Å². The molecule has 0 bridgehead atoms. The maximum absolute atomic E-state index is 11.6. The van der Waals surface area contributed by atoms with Crippen molar-refractivity contribution >= 4 is 23.9 Å². The van der Waals surface area contributed by atoms with Crippen molar-refractivity contribution in [2.24, 2.45) is 0 Å². The van der Waals surface area contributed by atoms with Gasteiger partial charge in [-0.3, -0.25) is 10.1 Å². The lowest BCUT2D eigenvalue weighted by Crippen LogP contribution is -2.04. The van der Waals surface area contributed by atoms with Gasteiger partial charge in [0, 0.05) is 6.08 Å². The van der Waals surface area contributed by atoms with Crippen molar-refractivity contribution in [2.75, 3.05) is 7.11 Å². The minimum Gasteiger partial charge on any atom is -0.465 e. The Morgan fingerprint density at radius 3 is 2.75 bits per heavy atom. The third-order valence-corrected chi connectivity index (χ3v) is 2.91. The second-order valence-corrected chi connectivity index (χ2v) is 4.57. The normalized spacial score (nSPS) is 10.5. The summed E-state index contributed by atoms with van der Waals surface area (Å²) < 4.78 is 14.5. The number of hydrogen-bond donors (Lipinski definition) is 0. The molecule has 1 heterocycles. The maximum Gasteiger partial charge on any atom is 0.433 e. The van der Waals surface area contributed by atoms with E-state index >= 15 is 0 Å². The summed E-state index contributed by atoms with van der Waals surface area (Å²) in [6, 6.07) is 9.03. The molecule has 1 aromatic carbocycles. The van der Waals surface area contributed by atoms with E-state index in [0.29, 0.717) is 11.1 Å². The number of carbonyl (C=O) groups excluding carboxylic acids is 2. The van der Waals surface area contributed by atoms with Crippen LogP contribution in [0, 0.1) is 10.1 Å². The lowest BCUT2D eigenvalue weighted by molar-refractivity contribution is -0.402. The highest BCUT2D eigenvalue weighted by atomic mass is 16.6. The molecular weight excluding hydrogens is 318 g/mol. The van der Waals surface area contributed by atoms with E-state index in [9.17, 15) is 19.7 Å². The topological polar surface area (TPSA) is 109 Å². The highest BCUT2D eigenvalue weighted by Crippen LogP contribution is 2.16. The van der Waals surface area contributed by atoms with Gasteiger partial charge < -0.3 is 13.9 Å². The molecular formula is C16H13NO7. The van der Waals surface area contributed by atoms with Crippen molar-refractivity contribution in [2.45, 2.75) is 6.61 Å². The first-order chi connectivity index (χ1) is 11.5. The Balaban J connectivity index is 1.92. The van der Waals surface area contributed by atoms with Gasteiger partial charge in [0.2, 0.25) is 0 Å². The van der Waals surface area contributed by atoms with Crippen LogP contribution in [-0.4, -0.2) is 24.0 Å². The van der Waals surface area contributed by atoms with Gasteiger partial charge in [0.25, 0.3) is 0 Å². The molecule has 0 atom stereocenters. The molecule has 0 spiro atoms. The van der Waals surface area contributed by atoms with Gasteiger partial charge in [-0.15, -0.1) is 0 Å². The van der Waals surface area contributed by atoms with Crippen molar-refractivity contribution in [3.63, 3.8) is 0 Å². The molecule has 0 aliphatic carbocycles. The van der Waals surface area contributed by atoms with E-state index in [1.807, 2.05) is 0 Å². The van der Waals surface area contributed by atoms with Crippen LogP contribution in [0.15, 0.2) is 46.9 Å². The van der Waals surface area contributed by atoms with Gasteiger partial charge in [-0.1, -0.05) is 12.1 Å². The lowest BCUT2D eigenvalue weighted by atomic mass is 10.1. The molecule has 24 heavy (non-hydrogen) atoms. The van der Waals surface area contributed by atoms with Crippen LogP contribution in [0.1, 0.15) is 21.7 Å². The number of ether oxygens (including phenoxy) is 2. The fourth-order valence-corrected chi connectivity index (χ4v) is 1.79. The molecule has 0 fully saturated rings. The molecule has 8 heteroatoms. The van der Waals surface area contributed by atoms with E-state index in [1.165, 1.54) is 25.3 Å². The molecule has 0 saturated carbocycles. The molecule has 2 rings (SSSR count). The first-order valence-corrected chi connectivity index (χ1v) is 6.76. The van der Waals surface area contributed by atoms with Gasteiger partial charge in [0.1, 0.15) is 17.3 Å². The highest BCUT2D eigenvalue weighted by molar-refractivity contribution is 5.89. The van der Waals surface area contributed by atoms with E-state index in [1.54, 1.807) is 24.3 Å². The van der Waals surface area contributed by atoms with Crippen molar-refractivity contribution in [1.29, 1.82) is 0 Å². The molecule has 124 valence electrons. The summed E-state index contributed by atoms with van der Waals surface area (Å²) in [7, 11) is 1.28. The van der Waals surface area contributed by atoms with Crippen LogP contribution >= 0.6 is 0 Å². The molecule has 1 aromatic heterocycles. The van der Waals surface area contributed by atoms with Gasteiger partial charge in [0.05, 0.1) is 18.7 Å². The van der Waals surface area contributed by atoms with Crippen LogP contribution in [0.25, 0.3) is 6.08 Å². The minimum absolute atomic E-state index is 0.0354. The van der Waals surface area contributed by atoms with Crippen molar-refractivity contribution in [3.05, 3.63) is 69.5 Å². The van der Waals surface area contributed by atoms with E-state index < -0.39 is 22.7 Å². The number of nitro groups is 1. The Bertz CT molecular complexity index is 791. The number of rotatable bonds is 6. The Morgan fingerprint density at radius 2 is 2.08 bits per heavy atom. The molecule has 0 radical (unpaired) electrons. The summed E-state index contributed by atoms with van der Waals surface area (Å²) in [5.41, 5.74) is 0.970. The molecule has 0 aliphatic heterocycles. The molecule has 0 N–H and O–H groups in total. The van der Waals surface area contributed by atoms with E-state index in [4.69, 9.17) is 9.15 Å². The average Bonchev–Trinajstić information content (AvgIpc) is 3.07. The maximum atomic E-state index is 11.6. The lowest BCUT2D eigenvalue weighted by Gasteiger charge is -2.04. The van der Waals surface area contributed by atoms with Crippen molar-refractivity contribution in [1.82, 2.24) is 0 Å². The summed E-state index contributed by atoms with van der Waals surface area (Å²) in [6.07, 6.45) is 2.35. The highest BCUT2D eigenvalue weighted by Gasteiger charge is 2.10. The van der Waals surface area contributed by atoms with Crippen LogP contribution in [0.5, 0.6) is 0 Å². The first-order valence-electron chi connectivity index (χ1n) is 6.76. The van der Waals surface area contributed by atoms with Gasteiger partial charge in [-0.05, 0) is 29.8 Å². The summed E-state index contributed by atoms with van der Waals surface area (Å²) in [5.74, 6) is -1.39. The van der Waals surface area contributed by atoms with Crippen molar-refractivity contribution in [3.8, 4) is 0 Å². The summed E-state index contributed by atoms with van der Waals surface area (Å²) in [4.78, 5) is 32.8. The van der Waals surface area contributed by atoms with Crippen LogP contribution in [0.4, 0.5) is 5.88 Å². The zero-order chi connectivity index (χ0) is 17.5. The number of nitrogens with zero attached hydrogens (tertiary/aromatic N) is 1. The Kier molecular flexibility index (Phi) is 5.45.